The van der Waals surface area contributed by atoms with Crippen molar-refractivity contribution >= 4 is 27.4 Å². The standard InChI is InChI=1S/C13H20BrN3/c1-17(9-10-5-3-2-4-6-10)13-12(14)7-11(15)8-16-13/h7-8,10H,2-6,9,15H2,1H3. The minimum absolute atomic E-state index is 0.701. The number of hydrogen-bond donors (Lipinski definition) is 1. The fraction of sp³-hybridized carbons (Fsp3) is 0.615. The Morgan fingerprint density at radius 3 is 2.76 bits per heavy atom. The molecular weight excluding hydrogens is 278 g/mol. The molecule has 17 heavy (non-hydrogen) atoms. The molecule has 1 fully saturated rings. The SMILES string of the molecule is CN(CC1CCCCC1)c1ncc(N)cc1Br. The fourth-order valence-corrected chi connectivity index (χ4v) is 3.24. The summed E-state index contributed by atoms with van der Waals surface area (Å²) in [6.07, 6.45) is 8.61. The number of rotatable bonds is 3. The lowest BCUT2D eigenvalue weighted by molar-refractivity contribution is 0.361. The van der Waals surface area contributed by atoms with Gasteiger partial charge in [0.2, 0.25) is 0 Å². The first kappa shape index (κ1) is 12.7. The molecule has 2 rings (SSSR count). The van der Waals surface area contributed by atoms with Crippen molar-refractivity contribution in [3.05, 3.63) is 16.7 Å². The number of nitrogens with zero attached hydrogens (tertiary/aromatic N) is 2. The molecule has 0 bridgehead atoms. The summed E-state index contributed by atoms with van der Waals surface area (Å²) in [6, 6.07) is 1.92. The highest BCUT2D eigenvalue weighted by atomic mass is 79.9. The molecule has 0 aliphatic heterocycles. The van der Waals surface area contributed by atoms with Gasteiger partial charge in [-0.3, -0.25) is 0 Å². The smallest absolute Gasteiger partial charge is 0.142 e. The Balaban J connectivity index is 2.00. The predicted octanol–water partition coefficient (Wildman–Crippen LogP) is 3.44. The molecule has 1 heterocycles. The first-order valence-electron chi connectivity index (χ1n) is 6.29. The molecule has 1 aliphatic carbocycles. The molecule has 0 unspecified atom stereocenters. The summed E-state index contributed by atoms with van der Waals surface area (Å²) >= 11 is 3.53. The Labute approximate surface area is 112 Å². The van der Waals surface area contributed by atoms with E-state index in [0.29, 0.717) is 5.69 Å². The molecule has 0 amide bonds. The number of aromatic nitrogens is 1. The Kier molecular flexibility index (Phi) is 4.26. The molecule has 94 valence electrons. The van der Waals surface area contributed by atoms with Gasteiger partial charge in [0.25, 0.3) is 0 Å². The predicted molar refractivity (Wildman–Crippen MR) is 76.2 cm³/mol. The van der Waals surface area contributed by atoms with Crippen molar-refractivity contribution < 1.29 is 0 Å². The summed E-state index contributed by atoms with van der Waals surface area (Å²) in [6.45, 7) is 1.09. The van der Waals surface area contributed by atoms with Gasteiger partial charge in [0.05, 0.1) is 16.4 Å². The summed E-state index contributed by atoms with van der Waals surface area (Å²) < 4.78 is 0.982. The van der Waals surface area contributed by atoms with Gasteiger partial charge in [0, 0.05) is 13.6 Å². The normalized spacial score (nSPS) is 17.1. The van der Waals surface area contributed by atoms with Gasteiger partial charge in [-0.05, 0) is 40.8 Å². The quantitative estimate of drug-likeness (QED) is 0.929. The third-order valence-corrected chi connectivity index (χ3v) is 4.04. The molecule has 0 spiro atoms. The highest BCUT2D eigenvalue weighted by Gasteiger charge is 2.17. The molecule has 1 aliphatic rings. The van der Waals surface area contributed by atoms with Gasteiger partial charge >= 0.3 is 0 Å². The van der Waals surface area contributed by atoms with Crippen LogP contribution in [0.4, 0.5) is 11.5 Å². The van der Waals surface area contributed by atoms with Crippen molar-refractivity contribution in [2.24, 2.45) is 5.92 Å². The van der Waals surface area contributed by atoms with Crippen LogP contribution in [-0.2, 0) is 0 Å². The van der Waals surface area contributed by atoms with Crippen molar-refractivity contribution in [3.8, 4) is 0 Å². The van der Waals surface area contributed by atoms with Crippen LogP contribution in [0.1, 0.15) is 32.1 Å². The van der Waals surface area contributed by atoms with Gasteiger partial charge in [0.15, 0.2) is 0 Å². The number of pyridine rings is 1. The molecule has 4 heteroatoms. The van der Waals surface area contributed by atoms with Crippen LogP contribution >= 0.6 is 15.9 Å². The molecule has 1 aromatic heterocycles. The number of anilines is 2. The van der Waals surface area contributed by atoms with E-state index in [-0.39, 0.29) is 0 Å². The van der Waals surface area contributed by atoms with E-state index in [2.05, 4.69) is 32.9 Å². The molecule has 0 atom stereocenters. The Hall–Kier alpha value is -0.770. The number of nitrogens with two attached hydrogens (primary N) is 1. The van der Waals surface area contributed by atoms with E-state index >= 15 is 0 Å². The van der Waals surface area contributed by atoms with Crippen LogP contribution in [-0.4, -0.2) is 18.6 Å². The molecule has 0 aromatic carbocycles. The summed E-state index contributed by atoms with van der Waals surface area (Å²) in [7, 11) is 2.11. The highest BCUT2D eigenvalue weighted by molar-refractivity contribution is 9.10. The molecule has 2 N–H and O–H groups in total. The van der Waals surface area contributed by atoms with Gasteiger partial charge in [-0.25, -0.2) is 4.98 Å². The number of nitrogen functional groups attached to an aromatic ring is 1. The summed E-state index contributed by atoms with van der Waals surface area (Å²) in [5.74, 6) is 1.81. The average Bonchev–Trinajstić information content (AvgIpc) is 2.30. The minimum atomic E-state index is 0.701. The number of hydrogen-bond acceptors (Lipinski definition) is 3. The third-order valence-electron chi connectivity index (χ3n) is 3.46. The zero-order valence-electron chi connectivity index (χ0n) is 10.3. The summed E-state index contributed by atoms with van der Waals surface area (Å²) in [4.78, 5) is 6.63. The van der Waals surface area contributed by atoms with E-state index in [4.69, 9.17) is 5.73 Å². The van der Waals surface area contributed by atoms with E-state index in [1.54, 1.807) is 6.20 Å². The lowest BCUT2D eigenvalue weighted by atomic mass is 9.89. The first-order chi connectivity index (χ1) is 8.16. The monoisotopic (exact) mass is 297 g/mol. The van der Waals surface area contributed by atoms with Crippen LogP contribution in [0.25, 0.3) is 0 Å². The molecule has 1 aromatic rings. The first-order valence-corrected chi connectivity index (χ1v) is 7.08. The second-order valence-electron chi connectivity index (χ2n) is 4.96. The van der Waals surface area contributed by atoms with Gasteiger partial charge in [-0.2, -0.15) is 0 Å². The molecule has 0 saturated heterocycles. The van der Waals surface area contributed by atoms with E-state index in [9.17, 15) is 0 Å². The average molecular weight is 298 g/mol. The Morgan fingerprint density at radius 2 is 2.12 bits per heavy atom. The maximum atomic E-state index is 5.70. The number of halogens is 1. The lowest BCUT2D eigenvalue weighted by Gasteiger charge is -2.28. The molecular formula is C13H20BrN3. The third kappa shape index (κ3) is 3.35. The van der Waals surface area contributed by atoms with Crippen molar-refractivity contribution in [2.45, 2.75) is 32.1 Å². The van der Waals surface area contributed by atoms with E-state index in [1.165, 1.54) is 32.1 Å². The molecule has 1 saturated carbocycles. The maximum absolute atomic E-state index is 5.70. The van der Waals surface area contributed by atoms with Crippen LogP contribution in [0.2, 0.25) is 0 Å². The second kappa shape index (κ2) is 5.71. The Bertz CT molecular complexity index is 375. The zero-order chi connectivity index (χ0) is 12.3. The van der Waals surface area contributed by atoms with E-state index in [1.807, 2.05) is 6.07 Å². The lowest BCUT2D eigenvalue weighted by Crippen LogP contribution is -2.27. The van der Waals surface area contributed by atoms with Crippen molar-refractivity contribution in [1.82, 2.24) is 4.98 Å². The fourth-order valence-electron chi connectivity index (χ4n) is 2.57. The van der Waals surface area contributed by atoms with Crippen molar-refractivity contribution in [3.63, 3.8) is 0 Å². The van der Waals surface area contributed by atoms with Gasteiger partial charge < -0.3 is 10.6 Å². The zero-order valence-corrected chi connectivity index (χ0v) is 11.9. The van der Waals surface area contributed by atoms with Gasteiger partial charge in [-0.15, -0.1) is 0 Å². The van der Waals surface area contributed by atoms with Gasteiger partial charge in [-0.1, -0.05) is 19.3 Å². The molecule has 0 radical (unpaired) electrons. The van der Waals surface area contributed by atoms with Crippen LogP contribution in [0.15, 0.2) is 16.7 Å². The molecule has 3 nitrogen and oxygen atoms in total. The van der Waals surface area contributed by atoms with Crippen LogP contribution in [0.3, 0.4) is 0 Å². The van der Waals surface area contributed by atoms with Crippen molar-refractivity contribution in [2.75, 3.05) is 24.2 Å². The minimum Gasteiger partial charge on any atom is -0.397 e. The largest absolute Gasteiger partial charge is 0.397 e. The summed E-state index contributed by atoms with van der Waals surface area (Å²) in [5.41, 5.74) is 6.40. The Morgan fingerprint density at radius 1 is 1.41 bits per heavy atom. The van der Waals surface area contributed by atoms with E-state index < -0.39 is 0 Å². The topological polar surface area (TPSA) is 42.2 Å². The van der Waals surface area contributed by atoms with Crippen LogP contribution < -0.4 is 10.6 Å². The van der Waals surface area contributed by atoms with E-state index in [0.717, 1.165) is 22.8 Å². The summed E-state index contributed by atoms with van der Waals surface area (Å²) in [5, 5.41) is 0. The van der Waals surface area contributed by atoms with Crippen LogP contribution in [0.5, 0.6) is 0 Å². The highest BCUT2D eigenvalue weighted by Crippen LogP contribution is 2.28. The maximum Gasteiger partial charge on any atom is 0.142 e. The van der Waals surface area contributed by atoms with Crippen LogP contribution in [0, 0.1) is 5.92 Å². The van der Waals surface area contributed by atoms with Gasteiger partial charge in [0.1, 0.15) is 5.82 Å². The van der Waals surface area contributed by atoms with Crippen molar-refractivity contribution in [1.29, 1.82) is 0 Å². The second-order valence-corrected chi connectivity index (χ2v) is 5.81.